The molecule has 0 bridgehead atoms. The van der Waals surface area contributed by atoms with Crippen molar-refractivity contribution in [3.8, 4) is 0 Å². The first-order valence-electron chi connectivity index (χ1n) is 9.11. The van der Waals surface area contributed by atoms with Gasteiger partial charge in [0.2, 0.25) is 5.91 Å². The van der Waals surface area contributed by atoms with Crippen LogP contribution in [0, 0.1) is 18.7 Å². The van der Waals surface area contributed by atoms with Crippen LogP contribution < -0.4 is 11.1 Å². The van der Waals surface area contributed by atoms with Gasteiger partial charge in [-0.15, -0.1) is 0 Å². The maximum Gasteiger partial charge on any atom is 0.223 e. The van der Waals surface area contributed by atoms with Gasteiger partial charge in [0.25, 0.3) is 0 Å². The Balaban J connectivity index is 1.45. The number of nitrogens with one attached hydrogen (secondary N) is 1. The normalized spacial score (nSPS) is 15.8. The van der Waals surface area contributed by atoms with E-state index >= 15 is 0 Å². The van der Waals surface area contributed by atoms with Crippen LogP contribution in [0.15, 0.2) is 42.5 Å². The predicted molar refractivity (Wildman–Crippen MR) is 102 cm³/mol. The number of nitrogens with zero attached hydrogens (tertiary/aromatic N) is 1. The average Bonchev–Trinajstić information content (AvgIpc) is 2.63. The lowest BCUT2D eigenvalue weighted by atomic mass is 9.95. The smallest absolute Gasteiger partial charge is 0.223 e. The molecule has 1 aliphatic heterocycles. The molecule has 4 nitrogen and oxygen atoms in total. The van der Waals surface area contributed by atoms with Gasteiger partial charge in [0.1, 0.15) is 5.82 Å². The summed E-state index contributed by atoms with van der Waals surface area (Å²) < 4.78 is 13.6. The molecule has 1 saturated heterocycles. The molecule has 1 aliphatic rings. The number of anilines is 1. The van der Waals surface area contributed by atoms with Crippen LogP contribution in [0.5, 0.6) is 0 Å². The van der Waals surface area contributed by atoms with E-state index in [9.17, 15) is 9.18 Å². The topological polar surface area (TPSA) is 58.4 Å². The molecule has 2 aromatic carbocycles. The molecule has 26 heavy (non-hydrogen) atoms. The third kappa shape index (κ3) is 4.82. The highest BCUT2D eigenvalue weighted by molar-refractivity contribution is 5.78. The number of aryl methyl sites for hydroxylation is 1. The monoisotopic (exact) mass is 355 g/mol. The Morgan fingerprint density at radius 3 is 2.65 bits per heavy atom. The summed E-state index contributed by atoms with van der Waals surface area (Å²) in [6, 6.07) is 13.0. The number of benzene rings is 2. The highest BCUT2D eigenvalue weighted by Crippen LogP contribution is 2.20. The minimum atomic E-state index is -0.230. The summed E-state index contributed by atoms with van der Waals surface area (Å²) in [5.41, 5.74) is 9.22. The fourth-order valence-corrected chi connectivity index (χ4v) is 3.38. The van der Waals surface area contributed by atoms with E-state index in [0.717, 1.165) is 43.7 Å². The van der Waals surface area contributed by atoms with Crippen molar-refractivity contribution < 1.29 is 9.18 Å². The molecule has 2 aromatic rings. The molecular weight excluding hydrogens is 329 g/mol. The van der Waals surface area contributed by atoms with Gasteiger partial charge in [0.15, 0.2) is 0 Å². The molecule has 0 aliphatic carbocycles. The van der Waals surface area contributed by atoms with Crippen molar-refractivity contribution in [3.05, 3.63) is 65.0 Å². The van der Waals surface area contributed by atoms with Crippen LogP contribution in [-0.2, 0) is 17.9 Å². The van der Waals surface area contributed by atoms with Crippen LogP contribution in [0.3, 0.4) is 0 Å². The number of piperidine rings is 1. The molecule has 0 saturated carbocycles. The van der Waals surface area contributed by atoms with Gasteiger partial charge in [-0.1, -0.05) is 24.3 Å². The van der Waals surface area contributed by atoms with E-state index in [1.54, 1.807) is 13.0 Å². The maximum absolute atomic E-state index is 13.6. The Bertz CT molecular complexity index is 770. The van der Waals surface area contributed by atoms with E-state index in [0.29, 0.717) is 12.1 Å². The number of carbonyl (C=O) groups excluding carboxylic acids is 1. The Labute approximate surface area is 154 Å². The number of nitrogen functional groups attached to an aromatic ring is 1. The summed E-state index contributed by atoms with van der Waals surface area (Å²) in [5, 5.41) is 2.95. The summed E-state index contributed by atoms with van der Waals surface area (Å²) in [6.07, 6.45) is 1.69. The van der Waals surface area contributed by atoms with Crippen molar-refractivity contribution in [2.24, 2.45) is 5.92 Å². The van der Waals surface area contributed by atoms with Gasteiger partial charge in [-0.3, -0.25) is 9.69 Å². The lowest BCUT2D eigenvalue weighted by molar-refractivity contribution is -0.126. The Kier molecular flexibility index (Phi) is 5.89. The molecule has 5 heteroatoms. The van der Waals surface area contributed by atoms with Crippen molar-refractivity contribution in [3.63, 3.8) is 0 Å². The van der Waals surface area contributed by atoms with Crippen molar-refractivity contribution >= 4 is 11.6 Å². The van der Waals surface area contributed by atoms with Crippen molar-refractivity contribution in [1.29, 1.82) is 0 Å². The Morgan fingerprint density at radius 1 is 1.19 bits per heavy atom. The first-order chi connectivity index (χ1) is 12.5. The molecule has 3 rings (SSSR count). The van der Waals surface area contributed by atoms with Crippen LogP contribution in [0.2, 0.25) is 0 Å². The molecule has 0 spiro atoms. The van der Waals surface area contributed by atoms with E-state index in [4.69, 9.17) is 5.73 Å². The second-order valence-electron chi connectivity index (χ2n) is 7.10. The highest BCUT2D eigenvalue weighted by atomic mass is 19.1. The largest absolute Gasteiger partial charge is 0.399 e. The summed E-state index contributed by atoms with van der Waals surface area (Å²) in [6.45, 7) is 4.76. The van der Waals surface area contributed by atoms with E-state index in [-0.39, 0.29) is 17.6 Å². The number of nitrogens with two attached hydrogens (primary N) is 1. The molecule has 1 fully saturated rings. The molecule has 3 N–H and O–H groups in total. The van der Waals surface area contributed by atoms with Gasteiger partial charge >= 0.3 is 0 Å². The molecule has 0 unspecified atom stereocenters. The zero-order chi connectivity index (χ0) is 18.5. The molecule has 1 amide bonds. The molecule has 0 radical (unpaired) electrons. The third-order valence-electron chi connectivity index (χ3n) is 5.02. The predicted octanol–water partition coefficient (Wildman–Crippen LogP) is 3.24. The van der Waals surface area contributed by atoms with Crippen LogP contribution in [0.4, 0.5) is 10.1 Å². The minimum absolute atomic E-state index is 0.0300. The SMILES string of the molecule is Cc1ccc(CNC(=O)C2CCN(Cc3cccc(N)c3)CC2)cc1F. The molecule has 138 valence electrons. The van der Waals surface area contributed by atoms with Crippen molar-refractivity contribution in [2.75, 3.05) is 18.8 Å². The second kappa shape index (κ2) is 8.32. The average molecular weight is 355 g/mol. The molecule has 1 heterocycles. The maximum atomic E-state index is 13.6. The van der Waals surface area contributed by atoms with Gasteiger partial charge in [-0.2, -0.15) is 0 Å². The van der Waals surface area contributed by atoms with Crippen molar-refractivity contribution in [2.45, 2.75) is 32.9 Å². The molecule has 0 aromatic heterocycles. The number of hydrogen-bond donors (Lipinski definition) is 2. The number of rotatable bonds is 5. The van der Waals surface area contributed by atoms with E-state index in [1.165, 1.54) is 11.6 Å². The zero-order valence-electron chi connectivity index (χ0n) is 15.2. The molecule has 0 atom stereocenters. The molecular formula is C21H26FN3O. The van der Waals surface area contributed by atoms with E-state index in [2.05, 4.69) is 16.3 Å². The summed E-state index contributed by atoms with van der Waals surface area (Å²) in [7, 11) is 0. The fourth-order valence-electron chi connectivity index (χ4n) is 3.38. The van der Waals surface area contributed by atoms with Gasteiger partial charge in [-0.25, -0.2) is 4.39 Å². The second-order valence-corrected chi connectivity index (χ2v) is 7.10. The van der Waals surface area contributed by atoms with Gasteiger partial charge < -0.3 is 11.1 Å². The Hall–Kier alpha value is -2.40. The lowest BCUT2D eigenvalue weighted by Crippen LogP contribution is -2.40. The van der Waals surface area contributed by atoms with Crippen LogP contribution in [-0.4, -0.2) is 23.9 Å². The first-order valence-corrected chi connectivity index (χ1v) is 9.11. The van der Waals surface area contributed by atoms with Gasteiger partial charge in [-0.05, 0) is 67.7 Å². The van der Waals surface area contributed by atoms with Crippen LogP contribution in [0.1, 0.15) is 29.5 Å². The number of hydrogen-bond acceptors (Lipinski definition) is 3. The van der Waals surface area contributed by atoms with E-state index in [1.807, 2.05) is 24.3 Å². The number of halogens is 1. The standard InChI is InChI=1S/C21H26FN3O/c1-15-5-6-16(12-20(15)22)13-24-21(26)18-7-9-25(10-8-18)14-17-3-2-4-19(23)11-17/h2-6,11-12,18H,7-10,13-14,23H2,1H3,(H,24,26). The summed E-state index contributed by atoms with van der Waals surface area (Å²) in [4.78, 5) is 14.7. The van der Waals surface area contributed by atoms with Crippen LogP contribution in [0.25, 0.3) is 0 Å². The fraction of sp³-hybridized carbons (Fsp3) is 0.381. The minimum Gasteiger partial charge on any atom is -0.399 e. The van der Waals surface area contributed by atoms with E-state index < -0.39 is 0 Å². The van der Waals surface area contributed by atoms with Crippen molar-refractivity contribution in [1.82, 2.24) is 10.2 Å². The van der Waals surface area contributed by atoms with Crippen LogP contribution >= 0.6 is 0 Å². The number of likely N-dealkylation sites (tertiary alicyclic amines) is 1. The third-order valence-corrected chi connectivity index (χ3v) is 5.02. The van der Waals surface area contributed by atoms with Gasteiger partial charge in [0.05, 0.1) is 0 Å². The summed E-state index contributed by atoms with van der Waals surface area (Å²) in [5.74, 6) is -0.136. The first kappa shape index (κ1) is 18.4. The Morgan fingerprint density at radius 2 is 1.96 bits per heavy atom. The number of carbonyl (C=O) groups is 1. The lowest BCUT2D eigenvalue weighted by Gasteiger charge is -2.31. The van der Waals surface area contributed by atoms with Gasteiger partial charge in [0, 0.05) is 24.7 Å². The quantitative estimate of drug-likeness (QED) is 0.810. The summed E-state index contributed by atoms with van der Waals surface area (Å²) >= 11 is 0. The zero-order valence-corrected chi connectivity index (χ0v) is 15.2. The number of amides is 1. The highest BCUT2D eigenvalue weighted by Gasteiger charge is 2.24.